The lowest BCUT2D eigenvalue weighted by Crippen LogP contribution is -2.42. The van der Waals surface area contributed by atoms with Gasteiger partial charge in [-0.2, -0.15) is 10.4 Å². The number of hydrogen-bond acceptors (Lipinski definition) is 7. The van der Waals surface area contributed by atoms with E-state index < -0.39 is 5.60 Å². The molecule has 9 heteroatoms. The Kier molecular flexibility index (Phi) is 5.70. The minimum atomic E-state index is -0.507. The zero-order chi connectivity index (χ0) is 22.9. The maximum atomic E-state index is 12.3. The lowest BCUT2D eigenvalue weighted by molar-refractivity contribution is 0.0185. The third-order valence-corrected chi connectivity index (χ3v) is 5.40. The Morgan fingerprint density at radius 1 is 1.22 bits per heavy atom. The molecule has 0 atom stereocenters. The number of nitrogens with zero attached hydrogens (tertiary/aromatic N) is 6. The normalized spacial score (nSPS) is 14.9. The Balaban J connectivity index is 1.57. The number of amides is 1. The Labute approximate surface area is 186 Å². The van der Waals surface area contributed by atoms with E-state index in [4.69, 9.17) is 9.47 Å². The van der Waals surface area contributed by atoms with Crippen molar-refractivity contribution in [3.05, 3.63) is 36.3 Å². The first-order valence-corrected chi connectivity index (χ1v) is 10.6. The first-order valence-electron chi connectivity index (χ1n) is 10.6. The summed E-state index contributed by atoms with van der Waals surface area (Å²) in [4.78, 5) is 22.9. The van der Waals surface area contributed by atoms with E-state index in [1.54, 1.807) is 30.5 Å². The van der Waals surface area contributed by atoms with Crippen molar-refractivity contribution < 1.29 is 14.3 Å². The number of hydrogen-bond donors (Lipinski definition) is 0. The molecule has 32 heavy (non-hydrogen) atoms. The van der Waals surface area contributed by atoms with Gasteiger partial charge in [-0.25, -0.2) is 9.78 Å². The van der Waals surface area contributed by atoms with Crippen LogP contribution in [0.4, 0.5) is 4.79 Å². The largest absolute Gasteiger partial charge is 0.481 e. The number of fused-ring (bicyclic) bond motifs is 1. The molecule has 0 saturated carbocycles. The second-order valence-corrected chi connectivity index (χ2v) is 8.79. The standard InChI is InChI=1S/C23H26N6O3/c1-23(2,3)32-22(30)28-9-7-17(8-10-28)29-14-16(13-26-29)20-15(11-24)12-25-18-5-6-19(31-4)27-21(18)20/h5-6,12-14,17H,7-10H2,1-4H3. The van der Waals surface area contributed by atoms with Crippen LogP contribution in [0.15, 0.2) is 30.7 Å². The number of rotatable bonds is 3. The van der Waals surface area contributed by atoms with Gasteiger partial charge in [0.25, 0.3) is 0 Å². The van der Waals surface area contributed by atoms with Crippen molar-refractivity contribution >= 4 is 17.1 Å². The molecule has 0 unspecified atom stereocenters. The predicted molar refractivity (Wildman–Crippen MR) is 118 cm³/mol. The van der Waals surface area contributed by atoms with Crippen LogP contribution in [0.5, 0.6) is 5.88 Å². The second-order valence-electron chi connectivity index (χ2n) is 8.79. The molecular formula is C23H26N6O3. The molecular weight excluding hydrogens is 408 g/mol. The molecule has 166 valence electrons. The van der Waals surface area contributed by atoms with Gasteiger partial charge in [0.2, 0.25) is 5.88 Å². The highest BCUT2D eigenvalue weighted by atomic mass is 16.6. The zero-order valence-electron chi connectivity index (χ0n) is 18.7. The maximum absolute atomic E-state index is 12.3. The van der Waals surface area contributed by atoms with Crippen LogP contribution in [0.3, 0.4) is 0 Å². The van der Waals surface area contributed by atoms with Crippen molar-refractivity contribution in [2.24, 2.45) is 0 Å². The summed E-state index contributed by atoms with van der Waals surface area (Å²) in [5, 5.41) is 14.2. The molecule has 1 saturated heterocycles. The minimum absolute atomic E-state index is 0.156. The first kappa shape index (κ1) is 21.6. The average molecular weight is 435 g/mol. The summed E-state index contributed by atoms with van der Waals surface area (Å²) in [5.41, 5.74) is 2.68. The van der Waals surface area contributed by atoms with Gasteiger partial charge in [0.05, 0.1) is 30.4 Å². The molecule has 1 amide bonds. The summed E-state index contributed by atoms with van der Waals surface area (Å²) >= 11 is 0. The van der Waals surface area contributed by atoms with Crippen LogP contribution in [0.25, 0.3) is 22.2 Å². The molecule has 0 aromatic carbocycles. The fourth-order valence-corrected chi connectivity index (χ4v) is 3.85. The van der Waals surface area contributed by atoms with Crippen LogP contribution >= 0.6 is 0 Å². The lowest BCUT2D eigenvalue weighted by atomic mass is 10.0. The molecule has 0 bridgehead atoms. The van der Waals surface area contributed by atoms with E-state index in [0.717, 1.165) is 18.4 Å². The molecule has 0 radical (unpaired) electrons. The molecule has 4 heterocycles. The molecule has 9 nitrogen and oxygen atoms in total. The van der Waals surface area contributed by atoms with Gasteiger partial charge >= 0.3 is 6.09 Å². The number of carbonyl (C=O) groups is 1. The molecule has 0 aliphatic carbocycles. The van der Waals surface area contributed by atoms with Crippen molar-refractivity contribution in [1.29, 1.82) is 5.26 Å². The topological polar surface area (TPSA) is 106 Å². The van der Waals surface area contributed by atoms with Gasteiger partial charge in [0.1, 0.15) is 17.2 Å². The molecule has 0 N–H and O–H groups in total. The zero-order valence-corrected chi connectivity index (χ0v) is 18.7. The van der Waals surface area contributed by atoms with E-state index >= 15 is 0 Å². The van der Waals surface area contributed by atoms with Gasteiger partial charge in [-0.3, -0.25) is 9.67 Å². The Hall–Kier alpha value is -3.67. The summed E-state index contributed by atoms with van der Waals surface area (Å²) < 4.78 is 12.6. The third kappa shape index (κ3) is 4.35. The minimum Gasteiger partial charge on any atom is -0.481 e. The number of aromatic nitrogens is 4. The van der Waals surface area contributed by atoms with E-state index in [2.05, 4.69) is 21.1 Å². The van der Waals surface area contributed by atoms with Crippen LogP contribution in [0, 0.1) is 11.3 Å². The summed E-state index contributed by atoms with van der Waals surface area (Å²) in [5.74, 6) is 0.456. The van der Waals surface area contributed by atoms with Gasteiger partial charge in [-0.1, -0.05) is 0 Å². The van der Waals surface area contributed by atoms with Crippen LogP contribution < -0.4 is 4.74 Å². The predicted octanol–water partition coefficient (Wildman–Crippen LogP) is 3.95. The van der Waals surface area contributed by atoms with E-state index in [0.29, 0.717) is 41.1 Å². The second kappa shape index (κ2) is 8.46. The summed E-state index contributed by atoms with van der Waals surface area (Å²) in [6.07, 6.45) is 6.51. The molecule has 1 fully saturated rings. The van der Waals surface area contributed by atoms with Gasteiger partial charge in [-0.05, 0) is 39.7 Å². The highest BCUT2D eigenvalue weighted by Gasteiger charge is 2.28. The molecule has 1 aliphatic rings. The van der Waals surface area contributed by atoms with Gasteiger partial charge in [-0.15, -0.1) is 0 Å². The highest BCUT2D eigenvalue weighted by Crippen LogP contribution is 2.32. The number of pyridine rings is 2. The molecule has 3 aromatic rings. The number of nitriles is 1. The van der Waals surface area contributed by atoms with Crippen LogP contribution in [-0.2, 0) is 4.74 Å². The van der Waals surface area contributed by atoms with E-state index in [-0.39, 0.29) is 12.1 Å². The van der Waals surface area contributed by atoms with Gasteiger partial charge in [0.15, 0.2) is 0 Å². The highest BCUT2D eigenvalue weighted by molar-refractivity contribution is 5.94. The number of methoxy groups -OCH3 is 1. The summed E-state index contributed by atoms with van der Waals surface area (Å²) in [7, 11) is 1.55. The molecule has 1 aliphatic heterocycles. The number of piperidine rings is 1. The Morgan fingerprint density at radius 2 is 1.97 bits per heavy atom. The van der Waals surface area contributed by atoms with Crippen molar-refractivity contribution in [1.82, 2.24) is 24.6 Å². The van der Waals surface area contributed by atoms with Gasteiger partial charge < -0.3 is 14.4 Å². The first-order chi connectivity index (χ1) is 15.3. The SMILES string of the molecule is COc1ccc2ncc(C#N)c(-c3cnn(C4CCN(C(=O)OC(C)(C)C)CC4)c3)c2n1. The van der Waals surface area contributed by atoms with E-state index in [1.165, 1.54) is 0 Å². The van der Waals surface area contributed by atoms with Crippen molar-refractivity contribution in [3.63, 3.8) is 0 Å². The average Bonchev–Trinajstić information content (AvgIpc) is 3.26. The Bertz CT molecular complexity index is 1180. The van der Waals surface area contributed by atoms with Crippen LogP contribution in [0.1, 0.15) is 45.2 Å². The molecule has 3 aromatic heterocycles. The smallest absolute Gasteiger partial charge is 0.410 e. The van der Waals surface area contributed by atoms with Crippen LogP contribution in [-0.4, -0.2) is 56.5 Å². The number of ether oxygens (including phenoxy) is 2. The third-order valence-electron chi connectivity index (χ3n) is 5.40. The number of likely N-dealkylation sites (tertiary alicyclic amines) is 1. The van der Waals surface area contributed by atoms with Crippen molar-refractivity contribution in [2.45, 2.75) is 45.3 Å². The summed E-state index contributed by atoms with van der Waals surface area (Å²) in [6, 6.07) is 5.93. The van der Waals surface area contributed by atoms with Gasteiger partial charge in [0, 0.05) is 42.7 Å². The van der Waals surface area contributed by atoms with Crippen molar-refractivity contribution in [3.8, 4) is 23.1 Å². The summed E-state index contributed by atoms with van der Waals surface area (Å²) in [6.45, 7) is 6.81. The van der Waals surface area contributed by atoms with Crippen molar-refractivity contribution in [2.75, 3.05) is 20.2 Å². The van der Waals surface area contributed by atoms with Crippen LogP contribution in [0.2, 0.25) is 0 Å². The van der Waals surface area contributed by atoms with E-state index in [9.17, 15) is 10.1 Å². The van der Waals surface area contributed by atoms with E-state index in [1.807, 2.05) is 37.7 Å². The quantitative estimate of drug-likeness (QED) is 0.614. The maximum Gasteiger partial charge on any atom is 0.410 e. The molecule has 0 spiro atoms. The lowest BCUT2D eigenvalue weighted by Gasteiger charge is -2.33. The fraction of sp³-hybridized carbons (Fsp3) is 0.435. The molecule has 4 rings (SSSR count). The monoisotopic (exact) mass is 434 g/mol. The number of carbonyl (C=O) groups excluding carboxylic acids is 1. The fourth-order valence-electron chi connectivity index (χ4n) is 3.85. The Morgan fingerprint density at radius 3 is 2.62 bits per heavy atom.